The molecule has 17 heavy (non-hydrogen) atoms. The summed E-state index contributed by atoms with van der Waals surface area (Å²) < 4.78 is 1.58. The van der Waals surface area contributed by atoms with Crippen molar-refractivity contribution in [3.05, 3.63) is 0 Å². The third-order valence-corrected chi connectivity index (χ3v) is 4.51. The van der Waals surface area contributed by atoms with Gasteiger partial charge in [-0.3, -0.25) is 10.1 Å². The SMILES string of the molecule is CCNC(=O)NC(=O)CSc1nnc(SC)s1. The van der Waals surface area contributed by atoms with Crippen LogP contribution >= 0.6 is 34.9 Å². The summed E-state index contributed by atoms with van der Waals surface area (Å²) in [5, 5.41) is 12.5. The van der Waals surface area contributed by atoms with Crippen molar-refractivity contribution >= 4 is 46.8 Å². The first-order chi connectivity index (χ1) is 8.15. The van der Waals surface area contributed by atoms with Crippen LogP contribution in [0.5, 0.6) is 0 Å². The smallest absolute Gasteiger partial charge is 0.321 e. The molecule has 0 aliphatic carbocycles. The summed E-state index contributed by atoms with van der Waals surface area (Å²) in [7, 11) is 0. The molecule has 3 amide bonds. The lowest BCUT2D eigenvalue weighted by molar-refractivity contribution is -0.117. The van der Waals surface area contributed by atoms with Gasteiger partial charge < -0.3 is 5.32 Å². The van der Waals surface area contributed by atoms with E-state index >= 15 is 0 Å². The van der Waals surface area contributed by atoms with Crippen LogP contribution in [0.4, 0.5) is 4.79 Å². The number of imide groups is 1. The maximum absolute atomic E-state index is 11.3. The predicted molar refractivity (Wildman–Crippen MR) is 69.6 cm³/mol. The van der Waals surface area contributed by atoms with Crippen LogP contribution in [0.2, 0.25) is 0 Å². The van der Waals surface area contributed by atoms with Crippen molar-refractivity contribution < 1.29 is 9.59 Å². The highest BCUT2D eigenvalue weighted by molar-refractivity contribution is 8.03. The Morgan fingerprint density at radius 2 is 2.06 bits per heavy atom. The minimum atomic E-state index is -0.472. The van der Waals surface area contributed by atoms with E-state index in [1.165, 1.54) is 34.9 Å². The van der Waals surface area contributed by atoms with Gasteiger partial charge in [0.1, 0.15) is 0 Å². The number of carbonyl (C=O) groups excluding carboxylic acids is 2. The Kier molecular flexibility index (Phi) is 6.30. The highest BCUT2D eigenvalue weighted by Gasteiger charge is 2.09. The zero-order valence-electron chi connectivity index (χ0n) is 9.35. The monoisotopic (exact) mass is 292 g/mol. The van der Waals surface area contributed by atoms with Crippen LogP contribution < -0.4 is 10.6 Å². The van der Waals surface area contributed by atoms with Crippen LogP contribution in [-0.4, -0.2) is 40.7 Å². The van der Waals surface area contributed by atoms with Gasteiger partial charge in [0, 0.05) is 6.54 Å². The molecule has 0 saturated heterocycles. The summed E-state index contributed by atoms with van der Waals surface area (Å²) in [5.41, 5.74) is 0. The van der Waals surface area contributed by atoms with E-state index < -0.39 is 6.03 Å². The summed E-state index contributed by atoms with van der Waals surface area (Å²) in [4.78, 5) is 22.4. The van der Waals surface area contributed by atoms with Crippen molar-refractivity contribution in [3.63, 3.8) is 0 Å². The second kappa shape index (κ2) is 7.51. The third-order valence-electron chi connectivity index (χ3n) is 1.48. The number of rotatable bonds is 5. The molecule has 94 valence electrons. The first-order valence-electron chi connectivity index (χ1n) is 4.73. The van der Waals surface area contributed by atoms with Crippen molar-refractivity contribution in [2.24, 2.45) is 0 Å². The number of hydrogen-bond acceptors (Lipinski definition) is 7. The lowest BCUT2D eigenvalue weighted by atomic mass is 10.6. The summed E-state index contributed by atoms with van der Waals surface area (Å²) in [6.45, 7) is 2.27. The van der Waals surface area contributed by atoms with E-state index in [9.17, 15) is 9.59 Å². The fourth-order valence-electron chi connectivity index (χ4n) is 0.833. The van der Waals surface area contributed by atoms with E-state index in [0.29, 0.717) is 6.54 Å². The Labute approximate surface area is 111 Å². The van der Waals surface area contributed by atoms with Gasteiger partial charge in [0.2, 0.25) is 5.91 Å². The van der Waals surface area contributed by atoms with Gasteiger partial charge in [-0.25, -0.2) is 4.79 Å². The van der Waals surface area contributed by atoms with E-state index in [2.05, 4.69) is 20.8 Å². The Hall–Kier alpha value is -0.800. The van der Waals surface area contributed by atoms with Crippen molar-refractivity contribution in [1.82, 2.24) is 20.8 Å². The average molecular weight is 292 g/mol. The molecule has 6 nitrogen and oxygen atoms in total. The average Bonchev–Trinajstić information content (AvgIpc) is 2.74. The minimum absolute atomic E-state index is 0.153. The standard InChI is InChI=1S/C8H12N4O2S3/c1-3-9-6(14)10-5(13)4-16-8-12-11-7(15-2)17-8/h3-4H2,1-2H3,(H2,9,10,13,14). The van der Waals surface area contributed by atoms with Gasteiger partial charge in [0.05, 0.1) is 5.75 Å². The van der Waals surface area contributed by atoms with Crippen LogP contribution in [0.25, 0.3) is 0 Å². The summed E-state index contributed by atoms with van der Waals surface area (Å²) in [5.74, 6) is -0.193. The number of urea groups is 1. The van der Waals surface area contributed by atoms with Crippen LogP contribution in [0.15, 0.2) is 8.68 Å². The third kappa shape index (κ3) is 5.37. The minimum Gasteiger partial charge on any atom is -0.338 e. The molecule has 1 rings (SSSR count). The largest absolute Gasteiger partial charge is 0.338 e. The highest BCUT2D eigenvalue weighted by atomic mass is 32.2. The Balaban J connectivity index is 2.30. The number of aromatic nitrogens is 2. The molecule has 0 aliphatic rings. The molecule has 1 aromatic rings. The summed E-state index contributed by atoms with van der Waals surface area (Å²) in [6, 6.07) is -0.472. The molecule has 0 unspecified atom stereocenters. The number of nitrogens with one attached hydrogen (secondary N) is 2. The number of thioether (sulfide) groups is 2. The maximum Gasteiger partial charge on any atom is 0.321 e. The van der Waals surface area contributed by atoms with Gasteiger partial charge in [0.25, 0.3) is 0 Å². The number of carbonyl (C=O) groups is 2. The molecular formula is C8H12N4O2S3. The molecule has 1 aromatic heterocycles. The first-order valence-corrected chi connectivity index (χ1v) is 7.76. The zero-order chi connectivity index (χ0) is 12.7. The van der Waals surface area contributed by atoms with Crippen molar-refractivity contribution in [2.45, 2.75) is 15.6 Å². The number of nitrogens with zero attached hydrogens (tertiary/aromatic N) is 2. The molecule has 2 N–H and O–H groups in total. The maximum atomic E-state index is 11.3. The second-order valence-corrected chi connectivity index (χ2v) is 5.99. The lowest BCUT2D eigenvalue weighted by Crippen LogP contribution is -2.40. The van der Waals surface area contributed by atoms with Crippen LogP contribution in [0.3, 0.4) is 0 Å². The van der Waals surface area contributed by atoms with Gasteiger partial charge >= 0.3 is 6.03 Å². The van der Waals surface area contributed by atoms with E-state index in [-0.39, 0.29) is 11.7 Å². The Morgan fingerprint density at radius 3 is 2.65 bits per heavy atom. The van der Waals surface area contributed by atoms with Gasteiger partial charge in [-0.15, -0.1) is 10.2 Å². The van der Waals surface area contributed by atoms with Crippen LogP contribution in [0.1, 0.15) is 6.92 Å². The van der Waals surface area contributed by atoms with Crippen molar-refractivity contribution in [3.8, 4) is 0 Å². The van der Waals surface area contributed by atoms with Gasteiger partial charge in [-0.05, 0) is 13.2 Å². The molecule has 0 saturated carbocycles. The van der Waals surface area contributed by atoms with Crippen LogP contribution in [-0.2, 0) is 4.79 Å². The van der Waals surface area contributed by atoms with Gasteiger partial charge in [-0.2, -0.15) is 0 Å². The van der Waals surface area contributed by atoms with Gasteiger partial charge in [0.15, 0.2) is 8.68 Å². The molecule has 0 radical (unpaired) electrons. The van der Waals surface area contributed by atoms with Crippen molar-refractivity contribution in [2.75, 3.05) is 18.6 Å². The molecular weight excluding hydrogens is 280 g/mol. The highest BCUT2D eigenvalue weighted by Crippen LogP contribution is 2.26. The normalized spacial score (nSPS) is 10.0. The molecule has 0 spiro atoms. The quantitative estimate of drug-likeness (QED) is 0.793. The number of hydrogen-bond donors (Lipinski definition) is 2. The summed E-state index contributed by atoms with van der Waals surface area (Å²) in [6.07, 6.45) is 1.91. The van der Waals surface area contributed by atoms with Gasteiger partial charge in [-0.1, -0.05) is 34.9 Å². The molecule has 0 atom stereocenters. The van der Waals surface area contributed by atoms with E-state index in [1.807, 2.05) is 6.26 Å². The Morgan fingerprint density at radius 1 is 1.35 bits per heavy atom. The fraction of sp³-hybridized carbons (Fsp3) is 0.500. The lowest BCUT2D eigenvalue weighted by Gasteiger charge is -2.02. The molecule has 0 fully saturated rings. The fourth-order valence-corrected chi connectivity index (χ4v) is 3.07. The molecule has 1 heterocycles. The predicted octanol–water partition coefficient (Wildman–Crippen LogP) is 1.20. The molecule has 9 heteroatoms. The van der Waals surface area contributed by atoms with E-state index in [4.69, 9.17) is 0 Å². The molecule has 0 aromatic carbocycles. The topological polar surface area (TPSA) is 84.0 Å². The molecule has 0 aliphatic heterocycles. The van der Waals surface area contributed by atoms with Crippen LogP contribution in [0, 0.1) is 0 Å². The first kappa shape index (κ1) is 14.3. The van der Waals surface area contributed by atoms with E-state index in [0.717, 1.165) is 8.68 Å². The molecule has 0 bridgehead atoms. The van der Waals surface area contributed by atoms with E-state index in [1.54, 1.807) is 6.92 Å². The second-order valence-electron chi connectivity index (χ2n) is 2.73. The van der Waals surface area contributed by atoms with Crippen molar-refractivity contribution in [1.29, 1.82) is 0 Å². The number of amides is 3. The Bertz CT molecular complexity index is 396. The summed E-state index contributed by atoms with van der Waals surface area (Å²) >= 11 is 4.20. The zero-order valence-corrected chi connectivity index (χ0v) is 11.8.